The van der Waals surface area contributed by atoms with Crippen LogP contribution in [0, 0.1) is 5.92 Å². The smallest absolute Gasteiger partial charge is 0.226 e. The fourth-order valence-corrected chi connectivity index (χ4v) is 4.26. The lowest BCUT2D eigenvalue weighted by Crippen LogP contribution is -2.31. The van der Waals surface area contributed by atoms with Gasteiger partial charge >= 0.3 is 0 Å². The van der Waals surface area contributed by atoms with E-state index >= 15 is 0 Å². The van der Waals surface area contributed by atoms with Crippen LogP contribution in [0.4, 0.5) is 0 Å². The monoisotopic (exact) mass is 381 g/mol. The highest BCUT2D eigenvalue weighted by Crippen LogP contribution is 2.48. The molecule has 2 heterocycles. The van der Waals surface area contributed by atoms with Crippen molar-refractivity contribution in [1.82, 2.24) is 14.7 Å². The predicted molar refractivity (Wildman–Crippen MR) is 106 cm³/mol. The van der Waals surface area contributed by atoms with Crippen LogP contribution in [0.5, 0.6) is 5.75 Å². The van der Waals surface area contributed by atoms with E-state index in [-0.39, 0.29) is 17.7 Å². The van der Waals surface area contributed by atoms with Gasteiger partial charge < -0.3 is 9.64 Å². The number of amides is 1. The molecule has 0 spiro atoms. The molecule has 0 radical (unpaired) electrons. The number of aromatic nitrogens is 2. The van der Waals surface area contributed by atoms with Gasteiger partial charge in [-0.05, 0) is 35.4 Å². The number of hydrogen-bond acceptors (Lipinski definition) is 4. The van der Waals surface area contributed by atoms with Crippen molar-refractivity contribution >= 4 is 17.2 Å². The van der Waals surface area contributed by atoms with Crippen molar-refractivity contribution in [2.45, 2.75) is 25.4 Å². The Morgan fingerprint density at radius 1 is 1.30 bits per heavy atom. The molecule has 1 fully saturated rings. The lowest BCUT2D eigenvalue weighted by molar-refractivity contribution is -0.133. The van der Waals surface area contributed by atoms with Crippen molar-refractivity contribution in [3.05, 3.63) is 70.2 Å². The third-order valence-corrected chi connectivity index (χ3v) is 5.91. The SMILES string of the molecule is COc1ccccc1CN(Cc1cccs1)C(=O)C1CC1c1cnn(C)c1. The Morgan fingerprint density at radius 3 is 2.85 bits per heavy atom. The fraction of sp³-hybridized carbons (Fsp3) is 0.333. The number of thiophene rings is 1. The highest BCUT2D eigenvalue weighted by molar-refractivity contribution is 7.09. The van der Waals surface area contributed by atoms with E-state index in [1.165, 1.54) is 4.88 Å². The topological polar surface area (TPSA) is 47.4 Å². The molecule has 1 aromatic carbocycles. The van der Waals surface area contributed by atoms with Crippen LogP contribution in [0.2, 0.25) is 0 Å². The lowest BCUT2D eigenvalue weighted by Gasteiger charge is -2.23. The van der Waals surface area contributed by atoms with E-state index in [4.69, 9.17) is 4.74 Å². The van der Waals surface area contributed by atoms with Gasteiger partial charge in [0.15, 0.2) is 0 Å². The third kappa shape index (κ3) is 3.90. The first-order valence-corrected chi connectivity index (χ1v) is 9.95. The van der Waals surface area contributed by atoms with E-state index in [2.05, 4.69) is 16.5 Å². The number of hydrogen-bond donors (Lipinski definition) is 0. The van der Waals surface area contributed by atoms with Gasteiger partial charge in [0.2, 0.25) is 5.91 Å². The van der Waals surface area contributed by atoms with Crippen LogP contribution < -0.4 is 4.74 Å². The molecule has 0 aliphatic heterocycles. The summed E-state index contributed by atoms with van der Waals surface area (Å²) in [5.74, 6) is 1.36. The third-order valence-electron chi connectivity index (χ3n) is 5.05. The quantitative estimate of drug-likeness (QED) is 0.625. The second kappa shape index (κ2) is 7.56. The van der Waals surface area contributed by atoms with E-state index in [9.17, 15) is 4.79 Å². The molecular weight excluding hydrogens is 358 g/mol. The zero-order valence-corrected chi connectivity index (χ0v) is 16.4. The minimum Gasteiger partial charge on any atom is -0.496 e. The van der Waals surface area contributed by atoms with Gasteiger partial charge in [0.25, 0.3) is 0 Å². The number of para-hydroxylation sites is 1. The molecule has 3 aromatic rings. The van der Waals surface area contributed by atoms with Gasteiger partial charge in [0, 0.05) is 36.1 Å². The summed E-state index contributed by atoms with van der Waals surface area (Å²) in [5, 5.41) is 6.30. The minimum atomic E-state index is 0.0452. The molecule has 0 N–H and O–H groups in total. The second-order valence-electron chi connectivity index (χ2n) is 6.98. The Morgan fingerprint density at radius 2 is 2.15 bits per heavy atom. The second-order valence-corrected chi connectivity index (χ2v) is 8.01. The molecule has 27 heavy (non-hydrogen) atoms. The number of benzene rings is 1. The van der Waals surface area contributed by atoms with Crippen LogP contribution in [-0.4, -0.2) is 27.7 Å². The molecule has 1 saturated carbocycles. The largest absolute Gasteiger partial charge is 0.496 e. The van der Waals surface area contributed by atoms with E-state index in [0.29, 0.717) is 13.1 Å². The maximum Gasteiger partial charge on any atom is 0.226 e. The molecule has 1 amide bonds. The van der Waals surface area contributed by atoms with E-state index < -0.39 is 0 Å². The molecule has 6 heteroatoms. The van der Waals surface area contributed by atoms with Crippen LogP contribution in [0.1, 0.15) is 28.3 Å². The number of aryl methyl sites for hydroxylation is 1. The molecule has 0 bridgehead atoms. The van der Waals surface area contributed by atoms with E-state index in [1.54, 1.807) is 23.1 Å². The highest BCUT2D eigenvalue weighted by atomic mass is 32.1. The normalized spacial score (nSPS) is 18.3. The average molecular weight is 382 g/mol. The molecule has 1 aliphatic carbocycles. The van der Waals surface area contributed by atoms with Crippen LogP contribution in [0.15, 0.2) is 54.2 Å². The van der Waals surface area contributed by atoms with Crippen LogP contribution >= 0.6 is 11.3 Å². The van der Waals surface area contributed by atoms with Gasteiger partial charge in [-0.2, -0.15) is 5.10 Å². The molecule has 2 unspecified atom stereocenters. The molecule has 140 valence electrons. The fourth-order valence-electron chi connectivity index (χ4n) is 3.54. The maximum absolute atomic E-state index is 13.3. The summed E-state index contributed by atoms with van der Waals surface area (Å²) < 4.78 is 7.28. The highest BCUT2D eigenvalue weighted by Gasteiger charge is 2.46. The molecule has 2 atom stereocenters. The lowest BCUT2D eigenvalue weighted by atomic mass is 10.1. The van der Waals surface area contributed by atoms with E-state index in [0.717, 1.165) is 23.3 Å². The summed E-state index contributed by atoms with van der Waals surface area (Å²) >= 11 is 1.68. The van der Waals surface area contributed by atoms with E-state index in [1.807, 2.05) is 54.7 Å². The summed E-state index contributed by atoms with van der Waals surface area (Å²) in [6, 6.07) is 12.0. The Balaban J connectivity index is 1.53. The first kappa shape index (κ1) is 17.8. The zero-order valence-electron chi connectivity index (χ0n) is 15.5. The van der Waals surface area contributed by atoms with Gasteiger partial charge in [-0.1, -0.05) is 24.3 Å². The summed E-state index contributed by atoms with van der Waals surface area (Å²) in [5.41, 5.74) is 2.19. The minimum absolute atomic E-state index is 0.0452. The van der Waals surface area contributed by atoms with Crippen molar-refractivity contribution < 1.29 is 9.53 Å². The number of nitrogens with zero attached hydrogens (tertiary/aromatic N) is 3. The molecule has 4 rings (SSSR count). The summed E-state index contributed by atoms with van der Waals surface area (Å²) in [6.07, 6.45) is 4.79. The number of carbonyl (C=O) groups excluding carboxylic acids is 1. The van der Waals surface area contributed by atoms with Crippen LogP contribution in [0.3, 0.4) is 0 Å². The van der Waals surface area contributed by atoms with Crippen molar-refractivity contribution in [3.8, 4) is 5.75 Å². The Labute approximate surface area is 163 Å². The first-order chi connectivity index (χ1) is 13.2. The Kier molecular flexibility index (Phi) is 4.99. The van der Waals surface area contributed by atoms with Crippen molar-refractivity contribution in [2.24, 2.45) is 13.0 Å². The number of carbonyl (C=O) groups is 1. The summed E-state index contributed by atoms with van der Waals surface area (Å²) in [6.45, 7) is 1.18. The van der Waals surface area contributed by atoms with Gasteiger partial charge in [0.05, 0.1) is 19.9 Å². The Hall–Kier alpha value is -2.60. The molecule has 1 aliphatic rings. The van der Waals surface area contributed by atoms with Gasteiger partial charge in [-0.3, -0.25) is 9.48 Å². The summed E-state index contributed by atoms with van der Waals surface area (Å²) in [4.78, 5) is 16.4. The van der Waals surface area contributed by atoms with Crippen LogP contribution in [0.25, 0.3) is 0 Å². The molecule has 5 nitrogen and oxygen atoms in total. The molecule has 2 aromatic heterocycles. The van der Waals surface area contributed by atoms with Crippen molar-refractivity contribution in [2.75, 3.05) is 7.11 Å². The van der Waals surface area contributed by atoms with Gasteiger partial charge in [-0.15, -0.1) is 11.3 Å². The predicted octanol–water partition coefficient (Wildman–Crippen LogP) is 3.82. The first-order valence-electron chi connectivity index (χ1n) is 9.07. The van der Waals surface area contributed by atoms with Gasteiger partial charge in [-0.25, -0.2) is 0 Å². The summed E-state index contributed by atoms with van der Waals surface area (Å²) in [7, 11) is 3.58. The zero-order chi connectivity index (χ0) is 18.8. The van der Waals surface area contributed by atoms with Crippen LogP contribution in [-0.2, 0) is 24.9 Å². The average Bonchev–Trinajstić information content (AvgIpc) is 3.07. The number of ether oxygens (including phenoxy) is 1. The number of methoxy groups -OCH3 is 1. The maximum atomic E-state index is 13.3. The standard InChI is InChI=1S/C21H23N3O2S/c1-23-12-16(11-22-23)18-10-19(18)21(25)24(14-17-7-5-9-27-17)13-15-6-3-4-8-20(15)26-2/h3-9,11-12,18-19H,10,13-14H2,1-2H3. The van der Waals surface area contributed by atoms with Crippen molar-refractivity contribution in [1.29, 1.82) is 0 Å². The molecule has 0 saturated heterocycles. The Bertz CT molecular complexity index is 919. The number of rotatable bonds is 7. The van der Waals surface area contributed by atoms with Crippen molar-refractivity contribution in [3.63, 3.8) is 0 Å². The molecular formula is C21H23N3O2S. The van der Waals surface area contributed by atoms with Gasteiger partial charge in [0.1, 0.15) is 5.75 Å².